The highest BCUT2D eigenvalue weighted by molar-refractivity contribution is 5.76. The van der Waals surface area contributed by atoms with Gasteiger partial charge < -0.3 is 4.90 Å². The fraction of sp³-hybridized carbons (Fsp3) is 0.625. The molecule has 1 rings (SSSR count). The molecular formula is C8H13NO. The standard InChI is InChI=1S/C8H13NO/c1-9-7-5-3-2-4-6-8(9)10/h3,5H,2,4,6-7H2,1H3/b5-3-. The molecule has 1 aliphatic heterocycles. The van der Waals surface area contributed by atoms with Crippen LogP contribution in [0.3, 0.4) is 0 Å². The van der Waals surface area contributed by atoms with E-state index in [4.69, 9.17) is 0 Å². The maximum atomic E-state index is 11.1. The monoisotopic (exact) mass is 139 g/mol. The summed E-state index contributed by atoms with van der Waals surface area (Å²) in [5.41, 5.74) is 0. The Morgan fingerprint density at radius 2 is 2.30 bits per heavy atom. The molecule has 56 valence electrons. The van der Waals surface area contributed by atoms with Crippen molar-refractivity contribution in [3.63, 3.8) is 0 Å². The Hall–Kier alpha value is -0.790. The van der Waals surface area contributed by atoms with Crippen LogP contribution in [0.4, 0.5) is 0 Å². The maximum absolute atomic E-state index is 11.1. The van der Waals surface area contributed by atoms with Gasteiger partial charge in [0.2, 0.25) is 5.91 Å². The topological polar surface area (TPSA) is 20.3 Å². The molecule has 0 radical (unpaired) electrons. The molecular weight excluding hydrogens is 126 g/mol. The van der Waals surface area contributed by atoms with Crippen molar-refractivity contribution in [2.24, 2.45) is 0 Å². The van der Waals surface area contributed by atoms with Crippen LogP contribution in [-0.2, 0) is 4.79 Å². The number of hydrogen-bond acceptors (Lipinski definition) is 1. The first kappa shape index (κ1) is 7.32. The van der Waals surface area contributed by atoms with Gasteiger partial charge in [-0.1, -0.05) is 12.2 Å². The lowest BCUT2D eigenvalue weighted by Crippen LogP contribution is -2.27. The normalized spacial score (nSPS) is 23.7. The lowest BCUT2D eigenvalue weighted by atomic mass is 10.2. The summed E-state index contributed by atoms with van der Waals surface area (Å²) in [6.07, 6.45) is 6.96. The minimum Gasteiger partial charge on any atom is -0.342 e. The second-order valence-electron chi connectivity index (χ2n) is 2.64. The van der Waals surface area contributed by atoms with Gasteiger partial charge in [-0.3, -0.25) is 4.79 Å². The Morgan fingerprint density at radius 1 is 1.50 bits per heavy atom. The second kappa shape index (κ2) is 3.40. The van der Waals surface area contributed by atoms with Crippen molar-refractivity contribution in [2.75, 3.05) is 13.6 Å². The van der Waals surface area contributed by atoms with Gasteiger partial charge in [-0.15, -0.1) is 0 Å². The van der Waals surface area contributed by atoms with E-state index in [1.54, 1.807) is 4.90 Å². The molecule has 0 aliphatic carbocycles. The average molecular weight is 139 g/mol. The van der Waals surface area contributed by atoms with Crippen molar-refractivity contribution in [2.45, 2.75) is 19.3 Å². The zero-order valence-corrected chi connectivity index (χ0v) is 6.34. The van der Waals surface area contributed by atoms with E-state index in [1.165, 1.54) is 0 Å². The molecule has 0 aromatic rings. The van der Waals surface area contributed by atoms with Gasteiger partial charge in [-0.25, -0.2) is 0 Å². The SMILES string of the molecule is CN1C/C=C\CCCC1=O. The van der Waals surface area contributed by atoms with Crippen LogP contribution in [0, 0.1) is 0 Å². The van der Waals surface area contributed by atoms with E-state index in [2.05, 4.69) is 12.2 Å². The third-order valence-electron chi connectivity index (χ3n) is 1.73. The highest BCUT2D eigenvalue weighted by Crippen LogP contribution is 2.03. The van der Waals surface area contributed by atoms with Gasteiger partial charge in [0.1, 0.15) is 0 Å². The zero-order valence-electron chi connectivity index (χ0n) is 6.34. The predicted molar refractivity (Wildman–Crippen MR) is 40.6 cm³/mol. The largest absolute Gasteiger partial charge is 0.342 e. The lowest BCUT2D eigenvalue weighted by molar-refractivity contribution is -0.129. The molecule has 0 aromatic carbocycles. The van der Waals surface area contributed by atoms with Gasteiger partial charge in [0, 0.05) is 20.0 Å². The van der Waals surface area contributed by atoms with Crippen molar-refractivity contribution in [1.82, 2.24) is 4.90 Å². The van der Waals surface area contributed by atoms with Crippen LogP contribution >= 0.6 is 0 Å². The molecule has 10 heavy (non-hydrogen) atoms. The summed E-state index contributed by atoms with van der Waals surface area (Å²) in [5, 5.41) is 0. The number of likely N-dealkylation sites (N-methyl/N-ethyl adjacent to an activating group) is 1. The van der Waals surface area contributed by atoms with Gasteiger partial charge in [-0.2, -0.15) is 0 Å². The first-order chi connectivity index (χ1) is 4.80. The van der Waals surface area contributed by atoms with Crippen LogP contribution in [0.5, 0.6) is 0 Å². The summed E-state index contributed by atoms with van der Waals surface area (Å²) in [6, 6.07) is 0. The Balaban J connectivity index is 2.49. The number of allylic oxidation sites excluding steroid dienone is 1. The summed E-state index contributed by atoms with van der Waals surface area (Å²) in [6.45, 7) is 0.777. The van der Waals surface area contributed by atoms with E-state index < -0.39 is 0 Å². The second-order valence-corrected chi connectivity index (χ2v) is 2.64. The number of amides is 1. The Bertz CT molecular complexity index is 151. The molecule has 0 unspecified atom stereocenters. The maximum Gasteiger partial charge on any atom is 0.222 e. The van der Waals surface area contributed by atoms with Crippen molar-refractivity contribution in [3.8, 4) is 0 Å². The number of rotatable bonds is 0. The fourth-order valence-electron chi connectivity index (χ4n) is 1.01. The molecule has 0 saturated carbocycles. The summed E-state index contributed by atoms with van der Waals surface area (Å²) in [5.74, 6) is 0.268. The number of nitrogens with zero attached hydrogens (tertiary/aromatic N) is 1. The van der Waals surface area contributed by atoms with E-state index in [0.717, 1.165) is 19.4 Å². The summed E-state index contributed by atoms with van der Waals surface area (Å²) in [7, 11) is 1.85. The summed E-state index contributed by atoms with van der Waals surface area (Å²) < 4.78 is 0. The van der Waals surface area contributed by atoms with Gasteiger partial charge in [-0.05, 0) is 12.8 Å². The molecule has 0 fully saturated rings. The van der Waals surface area contributed by atoms with Gasteiger partial charge in [0.05, 0.1) is 0 Å². The molecule has 0 spiro atoms. The molecule has 0 saturated heterocycles. The van der Waals surface area contributed by atoms with E-state index in [9.17, 15) is 4.79 Å². The highest BCUT2D eigenvalue weighted by atomic mass is 16.2. The Labute approximate surface area is 61.5 Å². The van der Waals surface area contributed by atoms with Crippen LogP contribution in [0.1, 0.15) is 19.3 Å². The molecule has 2 nitrogen and oxygen atoms in total. The molecule has 0 aromatic heterocycles. The van der Waals surface area contributed by atoms with Crippen molar-refractivity contribution in [1.29, 1.82) is 0 Å². The summed E-state index contributed by atoms with van der Waals surface area (Å²) >= 11 is 0. The van der Waals surface area contributed by atoms with Crippen molar-refractivity contribution >= 4 is 5.91 Å². The number of hydrogen-bond donors (Lipinski definition) is 0. The van der Waals surface area contributed by atoms with Crippen LogP contribution in [-0.4, -0.2) is 24.4 Å². The zero-order chi connectivity index (χ0) is 7.40. The van der Waals surface area contributed by atoms with E-state index in [1.807, 2.05) is 7.05 Å². The average Bonchev–Trinajstić information content (AvgIpc) is 1.92. The van der Waals surface area contributed by atoms with Crippen LogP contribution in [0.2, 0.25) is 0 Å². The first-order valence-electron chi connectivity index (χ1n) is 3.69. The lowest BCUT2D eigenvalue weighted by Gasteiger charge is -2.16. The minimum absolute atomic E-state index is 0.268. The number of carbonyl (C=O) groups excluding carboxylic acids is 1. The smallest absolute Gasteiger partial charge is 0.222 e. The molecule has 1 heterocycles. The minimum atomic E-state index is 0.268. The van der Waals surface area contributed by atoms with Gasteiger partial charge in [0.25, 0.3) is 0 Å². The van der Waals surface area contributed by atoms with Crippen LogP contribution in [0.15, 0.2) is 12.2 Å². The molecule has 1 amide bonds. The summed E-state index contributed by atoms with van der Waals surface area (Å²) in [4.78, 5) is 12.8. The third kappa shape index (κ3) is 1.87. The van der Waals surface area contributed by atoms with Gasteiger partial charge in [0.15, 0.2) is 0 Å². The quantitative estimate of drug-likeness (QED) is 0.461. The molecule has 0 atom stereocenters. The number of carbonyl (C=O) groups is 1. The first-order valence-corrected chi connectivity index (χ1v) is 3.69. The third-order valence-corrected chi connectivity index (χ3v) is 1.73. The van der Waals surface area contributed by atoms with Crippen LogP contribution < -0.4 is 0 Å². The fourth-order valence-corrected chi connectivity index (χ4v) is 1.01. The molecule has 0 N–H and O–H groups in total. The highest BCUT2D eigenvalue weighted by Gasteiger charge is 2.06. The van der Waals surface area contributed by atoms with E-state index >= 15 is 0 Å². The van der Waals surface area contributed by atoms with Crippen molar-refractivity contribution < 1.29 is 4.79 Å². The van der Waals surface area contributed by atoms with Crippen LogP contribution in [0.25, 0.3) is 0 Å². The van der Waals surface area contributed by atoms with Gasteiger partial charge >= 0.3 is 0 Å². The Morgan fingerprint density at radius 3 is 3.10 bits per heavy atom. The molecule has 1 aliphatic rings. The molecule has 0 bridgehead atoms. The van der Waals surface area contributed by atoms with E-state index in [0.29, 0.717) is 6.42 Å². The predicted octanol–water partition coefficient (Wildman–Crippen LogP) is 1.18. The molecule has 2 heteroatoms. The van der Waals surface area contributed by atoms with E-state index in [-0.39, 0.29) is 5.91 Å². The Kier molecular flexibility index (Phi) is 2.49. The van der Waals surface area contributed by atoms with Crippen molar-refractivity contribution in [3.05, 3.63) is 12.2 Å².